The molecule has 2 nitrogen and oxygen atoms in total. The van der Waals surface area contributed by atoms with Gasteiger partial charge in [-0.05, 0) is 17.4 Å². The molecule has 1 heterocycles. The van der Waals surface area contributed by atoms with Crippen molar-refractivity contribution in [2.45, 2.75) is 26.7 Å². The van der Waals surface area contributed by atoms with E-state index < -0.39 is 0 Å². The van der Waals surface area contributed by atoms with Crippen LogP contribution < -0.4 is 5.32 Å². The molecule has 0 radical (unpaired) electrons. The van der Waals surface area contributed by atoms with Crippen molar-refractivity contribution in [3.8, 4) is 0 Å². The van der Waals surface area contributed by atoms with Gasteiger partial charge in [-0.2, -0.15) is 0 Å². The summed E-state index contributed by atoms with van der Waals surface area (Å²) >= 11 is 1.49. The van der Waals surface area contributed by atoms with E-state index in [4.69, 9.17) is 0 Å². The third kappa shape index (κ3) is 3.14. The highest BCUT2D eigenvalue weighted by Gasteiger charge is 2.08. The summed E-state index contributed by atoms with van der Waals surface area (Å²) in [6, 6.07) is 3.75. The summed E-state index contributed by atoms with van der Waals surface area (Å²) in [5, 5.41) is 4.88. The molecule has 1 amide bonds. The summed E-state index contributed by atoms with van der Waals surface area (Å²) < 4.78 is 0. The molecule has 1 rings (SSSR count). The summed E-state index contributed by atoms with van der Waals surface area (Å²) in [6.45, 7) is 5.11. The van der Waals surface area contributed by atoms with Crippen LogP contribution in [0.15, 0.2) is 17.5 Å². The minimum Gasteiger partial charge on any atom is -0.351 e. The minimum atomic E-state index is 0.0619. The van der Waals surface area contributed by atoms with Gasteiger partial charge in [0.2, 0.25) is 0 Å². The molecule has 78 valence electrons. The lowest BCUT2D eigenvalue weighted by Crippen LogP contribution is -2.28. The van der Waals surface area contributed by atoms with Crippen molar-refractivity contribution in [1.82, 2.24) is 5.32 Å². The van der Waals surface area contributed by atoms with E-state index in [0.29, 0.717) is 5.92 Å². The molecule has 0 aliphatic heterocycles. The Morgan fingerprint density at radius 2 is 2.21 bits per heavy atom. The molecule has 1 aromatic rings. The van der Waals surface area contributed by atoms with Crippen molar-refractivity contribution >= 4 is 17.2 Å². The molecule has 0 aliphatic carbocycles. The van der Waals surface area contributed by atoms with Gasteiger partial charge in [0.1, 0.15) is 0 Å². The highest BCUT2D eigenvalue weighted by atomic mass is 32.1. The molecule has 0 spiro atoms. The standard InChI is InChI=1S/C11H17NOS/c1-3-9(4-2)8-12-11(13)10-6-5-7-14-10/h5-7,9H,3-4,8H2,1-2H3,(H,12,13). The number of hydrogen-bond acceptors (Lipinski definition) is 2. The molecular formula is C11H17NOS. The number of carbonyl (C=O) groups is 1. The van der Waals surface area contributed by atoms with Crippen molar-refractivity contribution in [3.63, 3.8) is 0 Å². The van der Waals surface area contributed by atoms with Crippen molar-refractivity contribution in [1.29, 1.82) is 0 Å². The summed E-state index contributed by atoms with van der Waals surface area (Å²) in [6.07, 6.45) is 2.25. The van der Waals surface area contributed by atoms with Gasteiger partial charge in [-0.3, -0.25) is 4.79 Å². The lowest BCUT2D eigenvalue weighted by molar-refractivity contribution is 0.0950. The van der Waals surface area contributed by atoms with Gasteiger partial charge >= 0.3 is 0 Å². The van der Waals surface area contributed by atoms with Crippen LogP contribution in [0, 0.1) is 5.92 Å². The first-order valence-corrected chi connectivity index (χ1v) is 5.97. The second-order valence-electron chi connectivity index (χ2n) is 3.37. The molecule has 0 atom stereocenters. The highest BCUT2D eigenvalue weighted by Crippen LogP contribution is 2.09. The minimum absolute atomic E-state index is 0.0619. The predicted molar refractivity (Wildman–Crippen MR) is 60.7 cm³/mol. The number of rotatable bonds is 5. The third-order valence-corrected chi connectivity index (χ3v) is 3.32. The number of carbonyl (C=O) groups excluding carboxylic acids is 1. The van der Waals surface area contributed by atoms with Gasteiger partial charge < -0.3 is 5.32 Å². The van der Waals surface area contributed by atoms with Gasteiger partial charge in [0.15, 0.2) is 0 Å². The van der Waals surface area contributed by atoms with Gasteiger partial charge in [0.25, 0.3) is 5.91 Å². The molecule has 0 saturated carbocycles. The van der Waals surface area contributed by atoms with E-state index in [2.05, 4.69) is 19.2 Å². The maximum absolute atomic E-state index is 11.5. The van der Waals surface area contributed by atoms with Crippen LogP contribution in [-0.2, 0) is 0 Å². The lowest BCUT2D eigenvalue weighted by atomic mass is 10.0. The normalized spacial score (nSPS) is 10.5. The van der Waals surface area contributed by atoms with Crippen LogP contribution in [0.25, 0.3) is 0 Å². The fourth-order valence-corrected chi connectivity index (χ4v) is 1.95. The summed E-state index contributed by atoms with van der Waals surface area (Å²) in [4.78, 5) is 12.3. The predicted octanol–water partition coefficient (Wildman–Crippen LogP) is 2.91. The van der Waals surface area contributed by atoms with E-state index in [1.54, 1.807) is 0 Å². The van der Waals surface area contributed by atoms with E-state index in [-0.39, 0.29) is 5.91 Å². The van der Waals surface area contributed by atoms with Crippen molar-refractivity contribution in [2.24, 2.45) is 5.92 Å². The Morgan fingerprint density at radius 3 is 2.71 bits per heavy atom. The Kier molecular flexibility index (Phi) is 4.66. The number of hydrogen-bond donors (Lipinski definition) is 1. The van der Waals surface area contributed by atoms with Crippen LogP contribution in [-0.4, -0.2) is 12.5 Å². The van der Waals surface area contributed by atoms with Gasteiger partial charge in [-0.25, -0.2) is 0 Å². The molecule has 0 aliphatic rings. The average molecular weight is 211 g/mol. The van der Waals surface area contributed by atoms with Crippen LogP contribution >= 0.6 is 11.3 Å². The largest absolute Gasteiger partial charge is 0.351 e. The highest BCUT2D eigenvalue weighted by molar-refractivity contribution is 7.12. The Balaban J connectivity index is 2.35. The molecule has 0 fully saturated rings. The third-order valence-electron chi connectivity index (χ3n) is 2.45. The zero-order chi connectivity index (χ0) is 10.4. The maximum Gasteiger partial charge on any atom is 0.261 e. The quantitative estimate of drug-likeness (QED) is 0.797. The van der Waals surface area contributed by atoms with Gasteiger partial charge in [-0.15, -0.1) is 11.3 Å². The van der Waals surface area contributed by atoms with Crippen LogP contribution in [0.2, 0.25) is 0 Å². The van der Waals surface area contributed by atoms with Crippen LogP contribution in [0.4, 0.5) is 0 Å². The van der Waals surface area contributed by atoms with Gasteiger partial charge in [0, 0.05) is 6.54 Å². The first-order chi connectivity index (χ1) is 6.77. The van der Waals surface area contributed by atoms with Crippen LogP contribution in [0.3, 0.4) is 0 Å². The SMILES string of the molecule is CCC(CC)CNC(=O)c1cccs1. The van der Waals surface area contributed by atoms with E-state index >= 15 is 0 Å². The zero-order valence-corrected chi connectivity index (χ0v) is 9.56. The topological polar surface area (TPSA) is 29.1 Å². The molecular weight excluding hydrogens is 194 g/mol. The summed E-state index contributed by atoms with van der Waals surface area (Å²) in [5.74, 6) is 0.672. The van der Waals surface area contributed by atoms with Gasteiger partial charge in [0.05, 0.1) is 4.88 Å². The smallest absolute Gasteiger partial charge is 0.261 e. The molecule has 0 aromatic carbocycles. The van der Waals surface area contributed by atoms with E-state index in [0.717, 1.165) is 24.3 Å². The Hall–Kier alpha value is -0.830. The van der Waals surface area contributed by atoms with Crippen molar-refractivity contribution < 1.29 is 4.79 Å². The summed E-state index contributed by atoms with van der Waals surface area (Å²) in [5.41, 5.74) is 0. The molecule has 0 bridgehead atoms. The second kappa shape index (κ2) is 5.81. The average Bonchev–Trinajstić information content (AvgIpc) is 2.72. The fourth-order valence-electron chi connectivity index (χ4n) is 1.31. The zero-order valence-electron chi connectivity index (χ0n) is 8.75. The van der Waals surface area contributed by atoms with Gasteiger partial charge in [-0.1, -0.05) is 32.8 Å². The van der Waals surface area contributed by atoms with E-state index in [1.807, 2.05) is 17.5 Å². The summed E-state index contributed by atoms with van der Waals surface area (Å²) in [7, 11) is 0. The van der Waals surface area contributed by atoms with Crippen LogP contribution in [0.1, 0.15) is 36.4 Å². The number of nitrogens with one attached hydrogen (secondary N) is 1. The van der Waals surface area contributed by atoms with Crippen molar-refractivity contribution in [3.05, 3.63) is 22.4 Å². The maximum atomic E-state index is 11.5. The first kappa shape index (κ1) is 11.2. The fraction of sp³-hybridized carbons (Fsp3) is 0.545. The first-order valence-electron chi connectivity index (χ1n) is 5.09. The molecule has 1 N–H and O–H groups in total. The Bertz CT molecular complexity index is 265. The van der Waals surface area contributed by atoms with Crippen molar-refractivity contribution in [2.75, 3.05) is 6.54 Å². The monoisotopic (exact) mass is 211 g/mol. The number of thiophene rings is 1. The second-order valence-corrected chi connectivity index (χ2v) is 4.32. The number of amides is 1. The lowest BCUT2D eigenvalue weighted by Gasteiger charge is -2.12. The molecule has 1 aromatic heterocycles. The van der Waals surface area contributed by atoms with Crippen LogP contribution in [0.5, 0.6) is 0 Å². The Labute approximate surface area is 89.3 Å². The van der Waals surface area contributed by atoms with E-state index in [9.17, 15) is 4.79 Å². The Morgan fingerprint density at radius 1 is 1.50 bits per heavy atom. The molecule has 0 saturated heterocycles. The van der Waals surface area contributed by atoms with E-state index in [1.165, 1.54) is 11.3 Å². The molecule has 14 heavy (non-hydrogen) atoms. The molecule has 3 heteroatoms. The molecule has 0 unspecified atom stereocenters.